The molecule has 1 aliphatic rings. The van der Waals surface area contributed by atoms with Crippen molar-refractivity contribution in [3.8, 4) is 5.75 Å². The smallest absolute Gasteiger partial charge is 0.327 e. The number of hydrogen-bond acceptors (Lipinski definition) is 6. The molecule has 2 N–H and O–H groups in total. The van der Waals surface area contributed by atoms with Crippen LogP contribution in [0.25, 0.3) is 10.9 Å². The fourth-order valence-electron chi connectivity index (χ4n) is 3.58. The van der Waals surface area contributed by atoms with Gasteiger partial charge in [0.2, 0.25) is 0 Å². The van der Waals surface area contributed by atoms with Crippen LogP contribution in [-0.2, 0) is 28.3 Å². The number of carbonyl (C=O) groups is 2. The number of thioether (sulfide) groups is 1. The average molecular weight is 454 g/mol. The Morgan fingerprint density at radius 3 is 2.81 bits per heavy atom. The molecule has 1 amide bonds. The van der Waals surface area contributed by atoms with E-state index in [1.807, 2.05) is 30.3 Å². The fourth-order valence-corrected chi connectivity index (χ4v) is 4.59. The van der Waals surface area contributed by atoms with Crippen molar-refractivity contribution in [3.05, 3.63) is 70.3 Å². The SMILES string of the molecule is O=C(COc1ccc2nc3n(c(=O)c2c1)CCC3)N[C@H](CSCc1ccccc1)C(=O)O. The van der Waals surface area contributed by atoms with E-state index in [9.17, 15) is 19.5 Å². The summed E-state index contributed by atoms with van der Waals surface area (Å²) in [4.78, 5) is 41.0. The van der Waals surface area contributed by atoms with Crippen LogP contribution in [0.2, 0.25) is 0 Å². The van der Waals surface area contributed by atoms with Crippen molar-refractivity contribution >= 4 is 34.5 Å². The molecule has 0 fully saturated rings. The lowest BCUT2D eigenvalue weighted by Crippen LogP contribution is -2.44. The summed E-state index contributed by atoms with van der Waals surface area (Å²) in [5, 5.41) is 12.3. The van der Waals surface area contributed by atoms with Crippen molar-refractivity contribution in [2.45, 2.75) is 31.2 Å². The van der Waals surface area contributed by atoms with Gasteiger partial charge < -0.3 is 15.2 Å². The third-order valence-corrected chi connectivity index (χ3v) is 6.29. The van der Waals surface area contributed by atoms with Crippen LogP contribution in [-0.4, -0.2) is 44.9 Å². The predicted octanol–water partition coefficient (Wildman–Crippen LogP) is 2.22. The van der Waals surface area contributed by atoms with Gasteiger partial charge >= 0.3 is 5.97 Å². The summed E-state index contributed by atoms with van der Waals surface area (Å²) in [7, 11) is 0. The molecule has 0 spiro atoms. The molecule has 2 heterocycles. The molecule has 1 aliphatic heterocycles. The molecule has 9 heteroatoms. The first kappa shape index (κ1) is 21.9. The summed E-state index contributed by atoms with van der Waals surface area (Å²) in [6, 6.07) is 13.6. The van der Waals surface area contributed by atoms with E-state index in [2.05, 4.69) is 10.3 Å². The van der Waals surface area contributed by atoms with E-state index in [-0.39, 0.29) is 17.9 Å². The number of rotatable bonds is 9. The molecule has 0 saturated heterocycles. The first-order chi connectivity index (χ1) is 15.5. The van der Waals surface area contributed by atoms with Crippen LogP contribution in [0.15, 0.2) is 53.3 Å². The van der Waals surface area contributed by atoms with Gasteiger partial charge in [-0.1, -0.05) is 30.3 Å². The molecule has 0 aliphatic carbocycles. The largest absolute Gasteiger partial charge is 0.484 e. The monoisotopic (exact) mass is 453 g/mol. The lowest BCUT2D eigenvalue weighted by molar-refractivity contribution is -0.141. The first-order valence-corrected chi connectivity index (χ1v) is 11.5. The van der Waals surface area contributed by atoms with Crippen LogP contribution in [0.4, 0.5) is 0 Å². The maximum atomic E-state index is 12.7. The van der Waals surface area contributed by atoms with Crippen molar-refractivity contribution in [1.82, 2.24) is 14.9 Å². The zero-order chi connectivity index (χ0) is 22.5. The number of carboxylic acid groups (broad SMARTS) is 1. The standard InChI is InChI=1S/C23H23N3O5S/c27-21(25-19(23(29)30)14-32-13-15-5-2-1-3-6-15)12-31-16-8-9-18-17(11-16)22(28)26-10-4-7-20(26)24-18/h1-3,5-6,8-9,11,19H,4,7,10,12-14H2,(H,25,27)(H,29,30)/t19-/m1/s1. The summed E-state index contributed by atoms with van der Waals surface area (Å²) in [5.41, 5.74) is 1.57. The summed E-state index contributed by atoms with van der Waals surface area (Å²) in [6.07, 6.45) is 1.69. The normalized spacial score (nSPS) is 13.5. The third kappa shape index (κ3) is 5.11. The zero-order valence-electron chi connectivity index (χ0n) is 17.3. The predicted molar refractivity (Wildman–Crippen MR) is 122 cm³/mol. The van der Waals surface area contributed by atoms with Gasteiger partial charge in [-0.05, 0) is 30.2 Å². The van der Waals surface area contributed by atoms with Crippen LogP contribution in [0.1, 0.15) is 17.8 Å². The number of carboxylic acids is 1. The number of ether oxygens (including phenoxy) is 1. The summed E-state index contributed by atoms with van der Waals surface area (Å²) < 4.78 is 7.19. The second-order valence-electron chi connectivity index (χ2n) is 7.52. The molecule has 1 aromatic heterocycles. The number of nitrogens with one attached hydrogen (secondary N) is 1. The number of nitrogens with zero attached hydrogens (tertiary/aromatic N) is 2. The molecule has 0 unspecified atom stereocenters. The van der Waals surface area contributed by atoms with Crippen LogP contribution < -0.4 is 15.6 Å². The molecule has 0 radical (unpaired) electrons. The highest BCUT2D eigenvalue weighted by atomic mass is 32.2. The van der Waals surface area contributed by atoms with Gasteiger partial charge in [0.05, 0.1) is 10.9 Å². The highest BCUT2D eigenvalue weighted by Crippen LogP contribution is 2.20. The van der Waals surface area contributed by atoms with Gasteiger partial charge in [0.25, 0.3) is 11.5 Å². The molecule has 4 rings (SSSR count). The third-order valence-electron chi connectivity index (χ3n) is 5.19. The molecule has 32 heavy (non-hydrogen) atoms. The van der Waals surface area contributed by atoms with Gasteiger partial charge in [-0.25, -0.2) is 9.78 Å². The van der Waals surface area contributed by atoms with Crippen LogP contribution >= 0.6 is 11.8 Å². The van der Waals surface area contributed by atoms with E-state index in [1.165, 1.54) is 11.8 Å². The van der Waals surface area contributed by atoms with E-state index in [4.69, 9.17) is 4.74 Å². The minimum Gasteiger partial charge on any atom is -0.484 e. The Morgan fingerprint density at radius 2 is 2.03 bits per heavy atom. The molecular formula is C23H23N3O5S. The Bertz CT molecular complexity index is 1200. The molecule has 0 saturated carbocycles. The number of amides is 1. The van der Waals surface area contributed by atoms with Crippen LogP contribution in [0, 0.1) is 0 Å². The fraction of sp³-hybridized carbons (Fsp3) is 0.304. The van der Waals surface area contributed by atoms with Crippen molar-refractivity contribution in [3.63, 3.8) is 0 Å². The Morgan fingerprint density at radius 1 is 1.22 bits per heavy atom. The first-order valence-electron chi connectivity index (χ1n) is 10.3. The Balaban J connectivity index is 1.33. The molecular weight excluding hydrogens is 430 g/mol. The van der Waals surface area contributed by atoms with E-state index in [0.717, 1.165) is 24.2 Å². The highest BCUT2D eigenvalue weighted by Gasteiger charge is 2.20. The number of aromatic nitrogens is 2. The van der Waals surface area contributed by atoms with Gasteiger partial charge in [0, 0.05) is 24.5 Å². The number of aliphatic carboxylic acids is 1. The minimum absolute atomic E-state index is 0.112. The van der Waals surface area contributed by atoms with Crippen molar-refractivity contribution in [2.75, 3.05) is 12.4 Å². The number of benzene rings is 2. The molecule has 3 aromatic rings. The number of aryl methyl sites for hydroxylation is 1. The van der Waals surface area contributed by atoms with E-state index >= 15 is 0 Å². The second kappa shape index (κ2) is 9.86. The number of hydrogen-bond donors (Lipinski definition) is 2. The maximum absolute atomic E-state index is 12.7. The van der Waals surface area contributed by atoms with E-state index < -0.39 is 17.9 Å². The molecule has 1 atom stereocenters. The second-order valence-corrected chi connectivity index (χ2v) is 8.55. The number of carbonyl (C=O) groups excluding carboxylic acids is 1. The molecule has 166 valence electrons. The van der Waals surface area contributed by atoms with Gasteiger partial charge in [0.1, 0.15) is 17.6 Å². The van der Waals surface area contributed by atoms with Gasteiger partial charge in [-0.2, -0.15) is 11.8 Å². The van der Waals surface area contributed by atoms with Crippen molar-refractivity contribution < 1.29 is 19.4 Å². The van der Waals surface area contributed by atoms with Crippen molar-refractivity contribution in [1.29, 1.82) is 0 Å². The Kier molecular flexibility index (Phi) is 6.75. The quantitative estimate of drug-likeness (QED) is 0.511. The van der Waals surface area contributed by atoms with Gasteiger partial charge in [-0.15, -0.1) is 0 Å². The lowest BCUT2D eigenvalue weighted by Gasteiger charge is -2.15. The topological polar surface area (TPSA) is 111 Å². The summed E-state index contributed by atoms with van der Waals surface area (Å²) in [6.45, 7) is 0.307. The molecule has 8 nitrogen and oxygen atoms in total. The summed E-state index contributed by atoms with van der Waals surface area (Å²) >= 11 is 1.43. The lowest BCUT2D eigenvalue weighted by atomic mass is 10.2. The van der Waals surface area contributed by atoms with Crippen LogP contribution in [0.3, 0.4) is 0 Å². The molecule has 2 aromatic carbocycles. The van der Waals surface area contributed by atoms with Crippen LogP contribution in [0.5, 0.6) is 5.75 Å². The minimum atomic E-state index is -1.10. The van der Waals surface area contributed by atoms with Crippen molar-refractivity contribution in [2.24, 2.45) is 0 Å². The zero-order valence-corrected chi connectivity index (χ0v) is 18.1. The van der Waals surface area contributed by atoms with Gasteiger partial charge in [-0.3, -0.25) is 14.2 Å². The number of fused-ring (bicyclic) bond motifs is 2. The maximum Gasteiger partial charge on any atom is 0.327 e. The Labute approximate surface area is 188 Å². The average Bonchev–Trinajstić information content (AvgIpc) is 3.27. The van der Waals surface area contributed by atoms with E-state index in [1.54, 1.807) is 22.8 Å². The Hall–Kier alpha value is -3.33. The molecule has 0 bridgehead atoms. The highest BCUT2D eigenvalue weighted by molar-refractivity contribution is 7.98. The van der Waals surface area contributed by atoms with E-state index in [0.29, 0.717) is 29.0 Å². The van der Waals surface area contributed by atoms with Gasteiger partial charge in [0.15, 0.2) is 6.61 Å². The summed E-state index contributed by atoms with van der Waals surface area (Å²) in [5.74, 6) is 0.399.